The zero-order valence-electron chi connectivity index (χ0n) is 12.4. The topological polar surface area (TPSA) is 50.4 Å². The minimum Gasteiger partial charge on any atom is -0.370 e. The predicted octanol–water partition coefficient (Wildman–Crippen LogP) is 4.05. The van der Waals surface area contributed by atoms with E-state index >= 15 is 0 Å². The molecule has 3 rings (SSSR count). The highest BCUT2D eigenvalue weighted by Crippen LogP contribution is 2.38. The van der Waals surface area contributed by atoms with E-state index in [4.69, 9.17) is 17.3 Å². The summed E-state index contributed by atoms with van der Waals surface area (Å²) >= 11 is 5.82. The summed E-state index contributed by atoms with van der Waals surface area (Å²) in [6.07, 6.45) is 5.88. The molecule has 122 valence electrons. The smallest absolute Gasteiger partial charge is 0.188 e. The van der Waals surface area contributed by atoms with Gasteiger partial charge in [0.1, 0.15) is 5.82 Å². The zero-order chi connectivity index (χ0) is 14.8. The number of halogens is 3. The molecule has 0 bridgehead atoms. The van der Waals surface area contributed by atoms with Crippen molar-refractivity contribution in [2.24, 2.45) is 16.6 Å². The highest BCUT2D eigenvalue weighted by Gasteiger charge is 2.31. The van der Waals surface area contributed by atoms with Crippen molar-refractivity contribution < 1.29 is 4.39 Å². The van der Waals surface area contributed by atoms with Gasteiger partial charge in [0.25, 0.3) is 0 Å². The highest BCUT2D eigenvalue weighted by atomic mass is 127. The summed E-state index contributed by atoms with van der Waals surface area (Å²) in [6, 6.07) is 5.35. The Balaban J connectivity index is 0.00000176. The number of hydrogen-bond acceptors (Lipinski definition) is 1. The summed E-state index contributed by atoms with van der Waals surface area (Å²) in [5.41, 5.74) is 7.01. The molecule has 0 atom stereocenters. The number of nitrogens with zero attached hydrogens (tertiary/aromatic N) is 1. The Morgan fingerprint density at radius 2 is 2.09 bits per heavy atom. The molecule has 0 spiro atoms. The molecule has 2 aliphatic rings. The Kier molecular flexibility index (Phi) is 6.32. The highest BCUT2D eigenvalue weighted by molar-refractivity contribution is 14.0. The second-order valence-corrected chi connectivity index (χ2v) is 6.61. The molecule has 0 radical (unpaired) electrons. The van der Waals surface area contributed by atoms with Gasteiger partial charge in [0.2, 0.25) is 0 Å². The second-order valence-electron chi connectivity index (χ2n) is 6.21. The number of nitrogens with two attached hydrogens (primary N) is 1. The maximum Gasteiger partial charge on any atom is 0.188 e. The summed E-state index contributed by atoms with van der Waals surface area (Å²) in [6.45, 7) is 0.850. The van der Waals surface area contributed by atoms with Gasteiger partial charge in [0.05, 0.1) is 5.02 Å². The standard InChI is InChI=1S/C16H21ClFN3.HI/c17-14-8-11(4-5-15(14)18)12-6-13(7-12)21-16(19)20-9-10-2-1-3-10;/h4-5,8,10,12-13H,1-3,6-7,9H2,(H3,19,20,21);1H. The Bertz CT molecular complexity index is 542. The average molecular weight is 438 g/mol. The van der Waals surface area contributed by atoms with Crippen molar-refractivity contribution in [1.29, 1.82) is 0 Å². The lowest BCUT2D eigenvalue weighted by atomic mass is 9.76. The molecule has 0 aliphatic heterocycles. The number of rotatable bonds is 4. The molecule has 0 amide bonds. The maximum atomic E-state index is 13.1. The molecule has 0 unspecified atom stereocenters. The van der Waals surface area contributed by atoms with Crippen LogP contribution < -0.4 is 11.1 Å². The van der Waals surface area contributed by atoms with Gasteiger partial charge in [0, 0.05) is 12.6 Å². The molecule has 2 aliphatic carbocycles. The molecular formula is C16H22ClFIN3. The Morgan fingerprint density at radius 1 is 1.36 bits per heavy atom. The maximum absolute atomic E-state index is 13.1. The predicted molar refractivity (Wildman–Crippen MR) is 99.6 cm³/mol. The van der Waals surface area contributed by atoms with E-state index in [0.717, 1.165) is 30.9 Å². The van der Waals surface area contributed by atoms with Crippen molar-refractivity contribution in [2.75, 3.05) is 6.54 Å². The molecule has 0 aromatic heterocycles. The summed E-state index contributed by atoms with van der Waals surface area (Å²) in [5, 5.41) is 3.47. The Labute approximate surface area is 152 Å². The number of guanidine groups is 1. The summed E-state index contributed by atoms with van der Waals surface area (Å²) in [5.74, 6) is 1.37. The lowest BCUT2D eigenvalue weighted by molar-refractivity contribution is 0.317. The minimum absolute atomic E-state index is 0. The summed E-state index contributed by atoms with van der Waals surface area (Å²) in [4.78, 5) is 4.40. The van der Waals surface area contributed by atoms with Crippen LogP contribution in [0.5, 0.6) is 0 Å². The quantitative estimate of drug-likeness (QED) is 0.424. The third-order valence-corrected chi connectivity index (χ3v) is 4.94. The van der Waals surface area contributed by atoms with E-state index < -0.39 is 0 Å². The summed E-state index contributed by atoms with van der Waals surface area (Å²) < 4.78 is 13.1. The second kappa shape index (κ2) is 7.81. The van der Waals surface area contributed by atoms with E-state index in [-0.39, 0.29) is 34.8 Å². The van der Waals surface area contributed by atoms with Crippen LogP contribution in [0, 0.1) is 11.7 Å². The van der Waals surface area contributed by atoms with Gasteiger partial charge < -0.3 is 11.1 Å². The molecule has 3 N–H and O–H groups in total. The lowest BCUT2D eigenvalue weighted by Gasteiger charge is -2.36. The fourth-order valence-electron chi connectivity index (χ4n) is 2.93. The molecule has 22 heavy (non-hydrogen) atoms. The van der Waals surface area contributed by atoms with Gasteiger partial charge in [-0.05, 0) is 55.2 Å². The van der Waals surface area contributed by atoms with Crippen LogP contribution in [0.2, 0.25) is 5.02 Å². The molecule has 0 saturated heterocycles. The van der Waals surface area contributed by atoms with Crippen molar-refractivity contribution in [3.63, 3.8) is 0 Å². The van der Waals surface area contributed by atoms with Crippen molar-refractivity contribution in [2.45, 2.75) is 44.1 Å². The normalized spacial score (nSPS) is 24.9. The first-order chi connectivity index (χ1) is 10.1. The van der Waals surface area contributed by atoms with Crippen LogP contribution in [0.3, 0.4) is 0 Å². The van der Waals surface area contributed by atoms with E-state index in [9.17, 15) is 4.39 Å². The first-order valence-corrected chi connectivity index (χ1v) is 8.01. The lowest BCUT2D eigenvalue weighted by Crippen LogP contribution is -2.46. The average Bonchev–Trinajstić information content (AvgIpc) is 2.35. The van der Waals surface area contributed by atoms with Gasteiger partial charge in [0.15, 0.2) is 5.96 Å². The fraction of sp³-hybridized carbons (Fsp3) is 0.562. The van der Waals surface area contributed by atoms with Crippen molar-refractivity contribution in [3.8, 4) is 0 Å². The number of nitrogens with one attached hydrogen (secondary N) is 1. The zero-order valence-corrected chi connectivity index (χ0v) is 15.5. The Morgan fingerprint density at radius 3 is 2.68 bits per heavy atom. The van der Waals surface area contributed by atoms with E-state index in [1.165, 1.54) is 25.3 Å². The van der Waals surface area contributed by atoms with E-state index in [1.54, 1.807) is 6.07 Å². The number of hydrogen-bond donors (Lipinski definition) is 2. The molecular weight excluding hydrogens is 416 g/mol. The first kappa shape index (κ1) is 17.8. The largest absolute Gasteiger partial charge is 0.370 e. The molecule has 2 fully saturated rings. The van der Waals surface area contributed by atoms with Crippen molar-refractivity contribution in [3.05, 3.63) is 34.6 Å². The van der Waals surface area contributed by atoms with E-state index in [2.05, 4.69) is 10.3 Å². The van der Waals surface area contributed by atoms with Crippen LogP contribution in [0.4, 0.5) is 4.39 Å². The van der Waals surface area contributed by atoms with Gasteiger partial charge >= 0.3 is 0 Å². The van der Waals surface area contributed by atoms with Gasteiger partial charge in [-0.1, -0.05) is 24.1 Å². The molecule has 0 heterocycles. The van der Waals surface area contributed by atoms with Gasteiger partial charge in [-0.2, -0.15) is 0 Å². The monoisotopic (exact) mass is 437 g/mol. The van der Waals surface area contributed by atoms with Crippen LogP contribution >= 0.6 is 35.6 Å². The van der Waals surface area contributed by atoms with Crippen LogP contribution in [0.15, 0.2) is 23.2 Å². The molecule has 3 nitrogen and oxygen atoms in total. The van der Waals surface area contributed by atoms with Crippen LogP contribution in [-0.2, 0) is 0 Å². The third-order valence-electron chi connectivity index (χ3n) is 4.65. The molecule has 6 heteroatoms. The SMILES string of the molecule is I.NC(=NCC1CCC1)NC1CC(c2ccc(F)c(Cl)c2)C1. The van der Waals surface area contributed by atoms with Crippen molar-refractivity contribution in [1.82, 2.24) is 5.32 Å². The van der Waals surface area contributed by atoms with Crippen LogP contribution in [0.1, 0.15) is 43.6 Å². The molecule has 2 saturated carbocycles. The van der Waals surface area contributed by atoms with E-state index in [0.29, 0.717) is 17.9 Å². The first-order valence-electron chi connectivity index (χ1n) is 7.63. The minimum atomic E-state index is -0.359. The molecule has 1 aromatic carbocycles. The Hall–Kier alpha value is -0.560. The van der Waals surface area contributed by atoms with Crippen LogP contribution in [0.25, 0.3) is 0 Å². The van der Waals surface area contributed by atoms with Gasteiger partial charge in [-0.15, -0.1) is 24.0 Å². The van der Waals surface area contributed by atoms with Crippen molar-refractivity contribution >= 4 is 41.5 Å². The fourth-order valence-corrected chi connectivity index (χ4v) is 3.12. The summed E-state index contributed by atoms with van der Waals surface area (Å²) in [7, 11) is 0. The third kappa shape index (κ3) is 4.25. The number of aliphatic imine (C=N–C) groups is 1. The molecule has 1 aromatic rings. The van der Waals surface area contributed by atoms with Crippen LogP contribution in [-0.4, -0.2) is 18.5 Å². The number of benzene rings is 1. The van der Waals surface area contributed by atoms with Gasteiger partial charge in [-0.3, -0.25) is 4.99 Å². The van der Waals surface area contributed by atoms with E-state index in [1.807, 2.05) is 6.07 Å². The van der Waals surface area contributed by atoms with Gasteiger partial charge in [-0.25, -0.2) is 4.39 Å².